The van der Waals surface area contributed by atoms with Gasteiger partial charge in [-0.05, 0) is 28.1 Å². The molecule has 1 saturated heterocycles. The van der Waals surface area contributed by atoms with E-state index >= 15 is 0 Å². The van der Waals surface area contributed by atoms with Gasteiger partial charge >= 0.3 is 0 Å². The average Bonchev–Trinajstić information content (AvgIpc) is 3.22. The first-order chi connectivity index (χ1) is 10.7. The maximum atomic E-state index is 10.6. The van der Waals surface area contributed by atoms with Gasteiger partial charge in [-0.2, -0.15) is 9.61 Å². The van der Waals surface area contributed by atoms with Crippen molar-refractivity contribution in [3.63, 3.8) is 0 Å². The highest BCUT2D eigenvalue weighted by Crippen LogP contribution is 2.42. The van der Waals surface area contributed by atoms with Crippen molar-refractivity contribution in [1.82, 2.24) is 19.5 Å². The summed E-state index contributed by atoms with van der Waals surface area (Å²) in [6.45, 7) is 3.11. The number of thiophene rings is 1. The molecule has 0 amide bonds. The summed E-state index contributed by atoms with van der Waals surface area (Å²) < 4.78 is 8.04. The molecule has 4 heterocycles. The Bertz CT molecular complexity index is 793. The minimum Gasteiger partial charge on any atom is -0.492 e. The van der Waals surface area contributed by atoms with Gasteiger partial charge in [0.05, 0.1) is 27.9 Å². The van der Waals surface area contributed by atoms with E-state index in [-0.39, 0.29) is 11.9 Å². The second-order valence-electron chi connectivity index (χ2n) is 4.94. The van der Waals surface area contributed by atoms with E-state index in [0.717, 1.165) is 21.8 Å². The van der Waals surface area contributed by atoms with Crippen LogP contribution in [0.4, 0.5) is 0 Å². The van der Waals surface area contributed by atoms with Crippen LogP contribution in [0.1, 0.15) is 15.8 Å². The highest BCUT2D eigenvalue weighted by atomic mass is 79.9. The molecule has 0 aromatic carbocycles. The molecular formula is C13H13BrN4O2S2. The minimum absolute atomic E-state index is 0.00806. The molecule has 1 atom stereocenters. The van der Waals surface area contributed by atoms with E-state index in [1.54, 1.807) is 11.3 Å². The number of ether oxygens (including phenoxy) is 1. The first-order valence-electron chi connectivity index (χ1n) is 6.82. The molecule has 3 aromatic heterocycles. The topological polar surface area (TPSA) is 62.9 Å². The lowest BCUT2D eigenvalue weighted by Crippen LogP contribution is -2.39. The van der Waals surface area contributed by atoms with Crippen molar-refractivity contribution >= 4 is 43.6 Å². The molecule has 0 aliphatic carbocycles. The molecule has 1 N–H and O–H groups in total. The van der Waals surface area contributed by atoms with Crippen LogP contribution in [-0.2, 0) is 4.74 Å². The predicted octanol–water partition coefficient (Wildman–Crippen LogP) is 2.74. The van der Waals surface area contributed by atoms with Crippen LogP contribution in [0.15, 0.2) is 22.2 Å². The summed E-state index contributed by atoms with van der Waals surface area (Å²) in [4.78, 5) is 9.31. The first-order valence-corrected chi connectivity index (χ1v) is 9.25. The predicted molar refractivity (Wildman–Crippen MR) is 88.8 cm³/mol. The van der Waals surface area contributed by atoms with E-state index in [9.17, 15) is 5.11 Å². The molecule has 1 aliphatic heterocycles. The quantitative estimate of drug-likeness (QED) is 0.731. The van der Waals surface area contributed by atoms with Gasteiger partial charge in [-0.15, -0.1) is 11.3 Å². The normalized spacial score (nSPS) is 18.0. The zero-order chi connectivity index (χ0) is 15.1. The van der Waals surface area contributed by atoms with Gasteiger partial charge in [-0.25, -0.2) is 4.98 Å². The second kappa shape index (κ2) is 5.89. The van der Waals surface area contributed by atoms with E-state index in [4.69, 9.17) is 4.74 Å². The van der Waals surface area contributed by atoms with E-state index in [1.807, 2.05) is 6.07 Å². The maximum absolute atomic E-state index is 10.6. The third kappa shape index (κ3) is 2.46. The molecule has 9 heteroatoms. The van der Waals surface area contributed by atoms with Gasteiger partial charge in [0, 0.05) is 18.0 Å². The summed E-state index contributed by atoms with van der Waals surface area (Å²) in [5.74, 6) is 0.179. The van der Waals surface area contributed by atoms with Crippen molar-refractivity contribution < 1.29 is 9.84 Å². The van der Waals surface area contributed by atoms with Crippen LogP contribution in [0.3, 0.4) is 0 Å². The molecular weight excluding hydrogens is 388 g/mol. The molecule has 0 radical (unpaired) electrons. The van der Waals surface area contributed by atoms with Crippen molar-refractivity contribution in [2.24, 2.45) is 0 Å². The number of morpholine rings is 1. The molecule has 0 unspecified atom stereocenters. The fourth-order valence-corrected chi connectivity index (χ4v) is 5.38. The lowest BCUT2D eigenvalue weighted by atomic mass is 10.1. The van der Waals surface area contributed by atoms with Crippen LogP contribution in [0, 0.1) is 0 Å². The van der Waals surface area contributed by atoms with Gasteiger partial charge in [-0.1, -0.05) is 11.3 Å². The molecule has 3 aromatic rings. The number of thiazole rings is 1. The number of halogens is 1. The van der Waals surface area contributed by atoms with Crippen molar-refractivity contribution in [1.29, 1.82) is 0 Å². The Morgan fingerprint density at radius 2 is 2.09 bits per heavy atom. The summed E-state index contributed by atoms with van der Waals surface area (Å²) in [6.07, 6.45) is 1.46. The lowest BCUT2D eigenvalue weighted by Gasteiger charge is -2.33. The largest absolute Gasteiger partial charge is 0.492 e. The van der Waals surface area contributed by atoms with Crippen molar-refractivity contribution in [2.75, 3.05) is 26.3 Å². The summed E-state index contributed by atoms with van der Waals surface area (Å²) in [5, 5.41) is 14.6. The standard InChI is InChI=1S/C13H13BrN4O2S2/c14-9-2-1-8(21-9)10(17-3-5-20-6-4-17)11-12(19)18-13(22-11)15-7-16-18/h1-2,7,10,19H,3-6H2/t10-/m0/s1. The van der Waals surface area contributed by atoms with E-state index in [1.165, 1.54) is 27.1 Å². The SMILES string of the molecule is Oc1c([C@H](c2ccc(Br)s2)N2CCOCC2)sc2ncnn12. The Morgan fingerprint density at radius 1 is 1.27 bits per heavy atom. The molecule has 0 spiro atoms. The minimum atomic E-state index is 0.00806. The van der Waals surface area contributed by atoms with Gasteiger partial charge in [0.1, 0.15) is 6.33 Å². The van der Waals surface area contributed by atoms with Gasteiger partial charge in [0.25, 0.3) is 0 Å². The van der Waals surface area contributed by atoms with Crippen LogP contribution in [0.2, 0.25) is 0 Å². The zero-order valence-corrected chi connectivity index (χ0v) is 14.7. The summed E-state index contributed by atoms with van der Waals surface area (Å²) in [6, 6.07) is 4.15. The number of aromatic hydroxyl groups is 1. The molecule has 6 nitrogen and oxygen atoms in total. The molecule has 1 fully saturated rings. The van der Waals surface area contributed by atoms with E-state index < -0.39 is 0 Å². The van der Waals surface area contributed by atoms with Gasteiger partial charge in [-0.3, -0.25) is 4.90 Å². The molecule has 22 heavy (non-hydrogen) atoms. The number of nitrogens with zero attached hydrogens (tertiary/aromatic N) is 4. The highest BCUT2D eigenvalue weighted by Gasteiger charge is 2.31. The van der Waals surface area contributed by atoms with Gasteiger partial charge in [0.2, 0.25) is 10.8 Å². The van der Waals surface area contributed by atoms with Crippen LogP contribution in [0.25, 0.3) is 4.96 Å². The summed E-state index contributed by atoms with van der Waals surface area (Å²) in [7, 11) is 0. The Labute approximate surface area is 143 Å². The summed E-state index contributed by atoms with van der Waals surface area (Å²) in [5.41, 5.74) is 0. The van der Waals surface area contributed by atoms with Crippen molar-refractivity contribution in [3.8, 4) is 5.88 Å². The second-order valence-corrected chi connectivity index (χ2v) is 8.44. The van der Waals surface area contributed by atoms with Crippen LogP contribution in [-0.4, -0.2) is 50.9 Å². The van der Waals surface area contributed by atoms with E-state index in [0.29, 0.717) is 18.2 Å². The van der Waals surface area contributed by atoms with Gasteiger partial charge in [0.15, 0.2) is 0 Å². The third-order valence-corrected chi connectivity index (χ3v) is 6.42. The average molecular weight is 401 g/mol. The summed E-state index contributed by atoms with van der Waals surface area (Å²) >= 11 is 6.70. The first kappa shape index (κ1) is 14.6. The molecule has 0 bridgehead atoms. The number of hydrogen-bond donors (Lipinski definition) is 1. The lowest BCUT2D eigenvalue weighted by molar-refractivity contribution is 0.0247. The third-order valence-electron chi connectivity index (χ3n) is 3.66. The maximum Gasteiger partial charge on any atom is 0.230 e. The smallest absolute Gasteiger partial charge is 0.230 e. The number of aromatic nitrogens is 3. The van der Waals surface area contributed by atoms with Crippen LogP contribution in [0.5, 0.6) is 5.88 Å². The van der Waals surface area contributed by atoms with Crippen molar-refractivity contribution in [3.05, 3.63) is 32.0 Å². The monoisotopic (exact) mass is 400 g/mol. The van der Waals surface area contributed by atoms with Crippen molar-refractivity contribution in [2.45, 2.75) is 6.04 Å². The molecule has 1 aliphatic rings. The molecule has 116 valence electrons. The fourth-order valence-electron chi connectivity index (χ4n) is 2.66. The Morgan fingerprint density at radius 3 is 2.77 bits per heavy atom. The van der Waals surface area contributed by atoms with Gasteiger partial charge < -0.3 is 9.84 Å². The number of rotatable bonds is 3. The van der Waals surface area contributed by atoms with Crippen LogP contribution >= 0.6 is 38.6 Å². The molecule has 4 rings (SSSR count). The Kier molecular flexibility index (Phi) is 3.91. The molecule has 0 saturated carbocycles. The zero-order valence-electron chi connectivity index (χ0n) is 11.5. The highest BCUT2D eigenvalue weighted by molar-refractivity contribution is 9.11. The van der Waals surface area contributed by atoms with Crippen LogP contribution < -0.4 is 0 Å². The number of fused-ring (bicyclic) bond motifs is 1. The fraction of sp³-hybridized carbons (Fsp3) is 0.385. The number of hydrogen-bond acceptors (Lipinski definition) is 7. The Balaban J connectivity index is 1.81. The Hall–Kier alpha value is -1.00. The van der Waals surface area contributed by atoms with E-state index in [2.05, 4.69) is 37.0 Å².